The number of benzene rings is 10. The molecule has 59 heavy (non-hydrogen) atoms. The van der Waals surface area contributed by atoms with Gasteiger partial charge in [0.1, 0.15) is 0 Å². The van der Waals surface area contributed by atoms with Crippen molar-refractivity contribution in [3.63, 3.8) is 0 Å². The Morgan fingerprint density at radius 3 is 1.51 bits per heavy atom. The van der Waals surface area contributed by atoms with Gasteiger partial charge in [-0.3, -0.25) is 4.98 Å². The van der Waals surface area contributed by atoms with Crippen LogP contribution in [0.3, 0.4) is 0 Å². The maximum atomic E-state index is 5.29. The first-order chi connectivity index (χ1) is 29.3. The van der Waals surface area contributed by atoms with E-state index in [-0.39, 0.29) is 0 Å². The molecule has 0 amide bonds. The number of hydrogen-bond donors (Lipinski definition) is 0. The molecule has 0 fully saturated rings. The van der Waals surface area contributed by atoms with Crippen molar-refractivity contribution in [2.75, 3.05) is 0 Å². The van der Waals surface area contributed by atoms with Crippen LogP contribution in [0.5, 0.6) is 0 Å². The van der Waals surface area contributed by atoms with E-state index in [1.54, 1.807) is 0 Å². The van der Waals surface area contributed by atoms with E-state index in [0.717, 1.165) is 44.3 Å². The van der Waals surface area contributed by atoms with E-state index in [1.165, 1.54) is 71.2 Å². The van der Waals surface area contributed by atoms with Gasteiger partial charge in [-0.2, -0.15) is 0 Å². The van der Waals surface area contributed by atoms with Gasteiger partial charge < -0.3 is 4.57 Å². The summed E-state index contributed by atoms with van der Waals surface area (Å²) in [4.78, 5) is 10.3. The molecule has 0 aliphatic heterocycles. The molecule has 2 aromatic heterocycles. The Bertz CT molecular complexity index is 3580. The van der Waals surface area contributed by atoms with E-state index in [4.69, 9.17) is 9.97 Å². The van der Waals surface area contributed by atoms with Gasteiger partial charge in [-0.25, -0.2) is 4.98 Å². The molecule has 274 valence electrons. The molecule has 0 unspecified atom stereocenters. The van der Waals surface area contributed by atoms with E-state index in [9.17, 15) is 0 Å². The summed E-state index contributed by atoms with van der Waals surface area (Å²) in [5.74, 6) is 0. The maximum absolute atomic E-state index is 5.29. The third-order valence-corrected chi connectivity index (χ3v) is 12.0. The van der Waals surface area contributed by atoms with E-state index in [0.29, 0.717) is 0 Å². The molecule has 0 aliphatic carbocycles. The van der Waals surface area contributed by atoms with Crippen LogP contribution in [-0.2, 0) is 0 Å². The molecule has 12 rings (SSSR count). The number of para-hydroxylation sites is 2. The summed E-state index contributed by atoms with van der Waals surface area (Å²) in [7, 11) is 0. The highest BCUT2D eigenvalue weighted by Crippen LogP contribution is 2.40. The van der Waals surface area contributed by atoms with Crippen molar-refractivity contribution in [2.24, 2.45) is 0 Å². The van der Waals surface area contributed by atoms with Crippen molar-refractivity contribution in [3.8, 4) is 50.3 Å². The van der Waals surface area contributed by atoms with Gasteiger partial charge >= 0.3 is 0 Å². The molecule has 0 saturated carbocycles. The van der Waals surface area contributed by atoms with Crippen LogP contribution < -0.4 is 0 Å². The lowest BCUT2D eigenvalue weighted by Gasteiger charge is -2.14. The molecule has 0 spiro atoms. The first kappa shape index (κ1) is 33.3. The highest BCUT2D eigenvalue weighted by Gasteiger charge is 2.16. The van der Waals surface area contributed by atoms with Crippen LogP contribution in [-0.4, -0.2) is 14.5 Å². The minimum absolute atomic E-state index is 0.861. The van der Waals surface area contributed by atoms with Crippen molar-refractivity contribution < 1.29 is 0 Å². The number of nitrogens with zero attached hydrogens (tertiary/aromatic N) is 3. The summed E-state index contributed by atoms with van der Waals surface area (Å²) < 4.78 is 2.38. The van der Waals surface area contributed by atoms with Gasteiger partial charge in [0.25, 0.3) is 0 Å². The minimum atomic E-state index is 0.861. The molecule has 0 atom stereocenters. The zero-order valence-electron chi connectivity index (χ0n) is 32.0. The predicted octanol–water partition coefficient (Wildman–Crippen LogP) is 14.9. The number of fused-ring (bicyclic) bond motifs is 10. The first-order valence-electron chi connectivity index (χ1n) is 20.2. The van der Waals surface area contributed by atoms with Gasteiger partial charge in [0.2, 0.25) is 0 Å². The second kappa shape index (κ2) is 13.4. The average Bonchev–Trinajstić information content (AvgIpc) is 3.65. The molecule has 0 N–H and O–H groups in total. The summed E-state index contributed by atoms with van der Waals surface area (Å²) in [6.07, 6.45) is 1.93. The Balaban J connectivity index is 0.946. The van der Waals surface area contributed by atoms with Gasteiger partial charge in [0.05, 0.1) is 34.0 Å². The summed E-state index contributed by atoms with van der Waals surface area (Å²) in [5.41, 5.74) is 14.4. The fraction of sp³-hybridized carbons (Fsp3) is 0. The second-order valence-electron chi connectivity index (χ2n) is 15.3. The van der Waals surface area contributed by atoms with Crippen molar-refractivity contribution in [3.05, 3.63) is 212 Å². The van der Waals surface area contributed by atoms with Crippen LogP contribution in [0.4, 0.5) is 0 Å². The largest absolute Gasteiger partial charge is 0.309 e. The van der Waals surface area contributed by atoms with Crippen molar-refractivity contribution in [2.45, 2.75) is 0 Å². The maximum Gasteiger partial charge on any atom is 0.0979 e. The van der Waals surface area contributed by atoms with Crippen LogP contribution in [0.2, 0.25) is 0 Å². The molecule has 3 heteroatoms. The quantitative estimate of drug-likeness (QED) is 0.164. The fourth-order valence-corrected chi connectivity index (χ4v) is 9.28. The van der Waals surface area contributed by atoms with Crippen LogP contribution in [0.1, 0.15) is 0 Å². The zero-order valence-corrected chi connectivity index (χ0v) is 32.0. The molecule has 0 saturated heterocycles. The molecule has 12 aromatic rings. The van der Waals surface area contributed by atoms with Gasteiger partial charge in [0.15, 0.2) is 0 Å². The lowest BCUT2D eigenvalue weighted by atomic mass is 9.90. The van der Waals surface area contributed by atoms with E-state index in [1.807, 2.05) is 6.20 Å². The molecular weight excluding hydrogens is 715 g/mol. The SMILES string of the molecule is c1ccc(-n2c3ccccc3c3ccc(-c4cccc(-c5ccc(-c6cccc(-c7cnc8c9ccccc9c9ccccc9c8n7)c6)c6ccccc56)c4)cc32)cc1. The molecule has 0 radical (unpaired) electrons. The van der Waals surface area contributed by atoms with Crippen LogP contribution in [0.25, 0.3) is 115 Å². The van der Waals surface area contributed by atoms with Gasteiger partial charge in [-0.1, -0.05) is 170 Å². The Morgan fingerprint density at radius 1 is 0.305 bits per heavy atom. The smallest absolute Gasteiger partial charge is 0.0979 e. The van der Waals surface area contributed by atoms with Crippen LogP contribution >= 0.6 is 0 Å². The van der Waals surface area contributed by atoms with E-state index in [2.05, 4.69) is 211 Å². The molecule has 0 bridgehead atoms. The minimum Gasteiger partial charge on any atom is -0.309 e. The number of aromatic nitrogens is 3. The van der Waals surface area contributed by atoms with Gasteiger partial charge in [0, 0.05) is 32.8 Å². The molecular formula is C56H35N3. The topological polar surface area (TPSA) is 30.7 Å². The van der Waals surface area contributed by atoms with Crippen LogP contribution in [0, 0.1) is 0 Å². The standard InChI is InChI=1S/C56H35N3/c1-2-18-41(19-3-1)59-53-27-11-10-24-48(53)49-29-28-37(34-54(49)59)36-14-12-15-38(32-36)42-30-31-43(45-21-5-4-20-44(42)45)39-16-13-17-40(33-39)52-35-57-55-50-25-8-6-22-46(50)47-23-7-9-26-51(47)56(55)58-52/h1-35H. The van der Waals surface area contributed by atoms with Crippen molar-refractivity contribution in [1.29, 1.82) is 0 Å². The zero-order chi connectivity index (χ0) is 38.9. The van der Waals surface area contributed by atoms with Crippen molar-refractivity contribution >= 4 is 65.2 Å². The van der Waals surface area contributed by atoms with Gasteiger partial charge in [-0.15, -0.1) is 0 Å². The van der Waals surface area contributed by atoms with E-state index >= 15 is 0 Å². The lowest BCUT2D eigenvalue weighted by Crippen LogP contribution is -1.93. The number of rotatable bonds is 5. The first-order valence-corrected chi connectivity index (χ1v) is 20.2. The summed E-state index contributed by atoms with van der Waals surface area (Å²) in [6, 6.07) is 74.3. The summed E-state index contributed by atoms with van der Waals surface area (Å²) >= 11 is 0. The lowest BCUT2D eigenvalue weighted by molar-refractivity contribution is 1.18. The van der Waals surface area contributed by atoms with Crippen LogP contribution in [0.15, 0.2) is 212 Å². The van der Waals surface area contributed by atoms with Gasteiger partial charge in [-0.05, 0) is 91.3 Å². The van der Waals surface area contributed by atoms with Crippen molar-refractivity contribution in [1.82, 2.24) is 14.5 Å². The Hall–Kier alpha value is -7.88. The Labute approximate surface area is 341 Å². The molecule has 10 aromatic carbocycles. The second-order valence-corrected chi connectivity index (χ2v) is 15.3. The number of hydrogen-bond acceptors (Lipinski definition) is 2. The monoisotopic (exact) mass is 749 g/mol. The third-order valence-electron chi connectivity index (χ3n) is 12.0. The third kappa shape index (κ3) is 5.36. The summed E-state index contributed by atoms with van der Waals surface area (Å²) in [5, 5.41) is 9.58. The average molecular weight is 750 g/mol. The highest BCUT2D eigenvalue weighted by molar-refractivity contribution is 6.23. The highest BCUT2D eigenvalue weighted by atomic mass is 15.0. The van der Waals surface area contributed by atoms with E-state index < -0.39 is 0 Å². The fourth-order valence-electron chi connectivity index (χ4n) is 9.28. The molecule has 2 heterocycles. The predicted molar refractivity (Wildman–Crippen MR) is 248 cm³/mol. The summed E-state index contributed by atoms with van der Waals surface area (Å²) in [6.45, 7) is 0. The normalized spacial score (nSPS) is 11.7. The molecule has 0 aliphatic rings. The Kier molecular flexibility index (Phi) is 7.54. The Morgan fingerprint density at radius 2 is 0.814 bits per heavy atom. The molecule has 3 nitrogen and oxygen atoms in total.